The van der Waals surface area contributed by atoms with Gasteiger partial charge in [-0.05, 0) is 68.8 Å². The molecule has 0 aromatic heterocycles. The fourth-order valence-electron chi connectivity index (χ4n) is 2.09. The van der Waals surface area contributed by atoms with Crippen LogP contribution in [0.3, 0.4) is 0 Å². The van der Waals surface area contributed by atoms with Crippen LogP contribution in [0.1, 0.15) is 24.1 Å². The molecule has 0 saturated heterocycles. The zero-order valence-electron chi connectivity index (χ0n) is 10.8. The topological polar surface area (TPSA) is 12.0 Å². The van der Waals surface area contributed by atoms with Crippen LogP contribution in [0.15, 0.2) is 40.9 Å². The molecule has 0 aliphatic carbocycles. The first-order valence-corrected chi connectivity index (χ1v) is 8.04. The van der Waals surface area contributed by atoms with Gasteiger partial charge in [-0.15, -0.1) is 0 Å². The molecule has 1 N–H and O–H groups in total. The minimum atomic E-state index is -0.560. The molecule has 1 atom stereocenters. The van der Waals surface area contributed by atoms with Gasteiger partial charge in [0.05, 0.1) is 10.5 Å². The highest BCUT2D eigenvalue weighted by Crippen LogP contribution is 2.32. The Morgan fingerprint density at radius 2 is 1.90 bits per heavy atom. The summed E-state index contributed by atoms with van der Waals surface area (Å²) in [5.74, 6) is -1.10. The predicted molar refractivity (Wildman–Crippen MR) is 88.7 cm³/mol. The van der Waals surface area contributed by atoms with Crippen molar-refractivity contribution in [1.29, 1.82) is 0 Å². The lowest BCUT2D eigenvalue weighted by Gasteiger charge is -2.21. The van der Waals surface area contributed by atoms with Gasteiger partial charge in [0.1, 0.15) is 11.6 Å². The molecular formula is C15H13BrF2IN. The third-order valence-electron chi connectivity index (χ3n) is 2.99. The van der Waals surface area contributed by atoms with Crippen molar-refractivity contribution in [2.24, 2.45) is 0 Å². The summed E-state index contributed by atoms with van der Waals surface area (Å²) in [6, 6.07) is 9.74. The third-order valence-corrected chi connectivity index (χ3v) is 4.59. The highest BCUT2D eigenvalue weighted by Gasteiger charge is 2.24. The Morgan fingerprint density at radius 3 is 2.55 bits per heavy atom. The van der Waals surface area contributed by atoms with Crippen molar-refractivity contribution >= 4 is 38.5 Å². The van der Waals surface area contributed by atoms with E-state index in [4.69, 9.17) is 0 Å². The number of rotatable bonds is 4. The summed E-state index contributed by atoms with van der Waals surface area (Å²) in [6.07, 6.45) is 0. The molecule has 1 unspecified atom stereocenters. The van der Waals surface area contributed by atoms with Crippen LogP contribution in [0, 0.1) is 15.2 Å². The second kappa shape index (κ2) is 6.95. The van der Waals surface area contributed by atoms with Crippen molar-refractivity contribution in [1.82, 2.24) is 5.32 Å². The molecule has 106 valence electrons. The van der Waals surface area contributed by atoms with Gasteiger partial charge in [0.2, 0.25) is 0 Å². The molecule has 0 aliphatic rings. The first-order valence-electron chi connectivity index (χ1n) is 6.17. The Kier molecular flexibility index (Phi) is 5.51. The predicted octanol–water partition coefficient (Wildman–Crippen LogP) is 5.03. The maximum absolute atomic E-state index is 14.3. The maximum atomic E-state index is 14.3. The molecule has 0 aliphatic heterocycles. The Morgan fingerprint density at radius 1 is 1.20 bits per heavy atom. The number of nitrogens with one attached hydrogen (secondary N) is 1. The molecule has 0 heterocycles. The molecule has 0 spiro atoms. The summed E-state index contributed by atoms with van der Waals surface area (Å²) >= 11 is 5.30. The molecule has 0 fully saturated rings. The van der Waals surface area contributed by atoms with Crippen LogP contribution in [0.4, 0.5) is 8.78 Å². The lowest BCUT2D eigenvalue weighted by molar-refractivity contribution is 0.506. The summed E-state index contributed by atoms with van der Waals surface area (Å²) < 4.78 is 29.7. The SMILES string of the molecule is CCNC(c1ccccc1I)c1c(F)ccc(Br)c1F. The van der Waals surface area contributed by atoms with Gasteiger partial charge in [0.25, 0.3) is 0 Å². The van der Waals surface area contributed by atoms with Crippen molar-refractivity contribution in [3.8, 4) is 0 Å². The third kappa shape index (κ3) is 3.20. The monoisotopic (exact) mass is 451 g/mol. The van der Waals surface area contributed by atoms with E-state index in [1.54, 1.807) is 0 Å². The molecular weight excluding hydrogens is 439 g/mol. The van der Waals surface area contributed by atoms with E-state index < -0.39 is 17.7 Å². The molecule has 20 heavy (non-hydrogen) atoms. The molecule has 5 heteroatoms. The summed E-state index contributed by atoms with van der Waals surface area (Å²) in [5, 5.41) is 3.16. The summed E-state index contributed by atoms with van der Waals surface area (Å²) in [4.78, 5) is 0. The number of hydrogen-bond donors (Lipinski definition) is 1. The molecule has 0 amide bonds. The van der Waals surface area contributed by atoms with Gasteiger partial charge in [-0.1, -0.05) is 25.1 Å². The maximum Gasteiger partial charge on any atom is 0.145 e. The highest BCUT2D eigenvalue weighted by atomic mass is 127. The van der Waals surface area contributed by atoms with E-state index in [-0.39, 0.29) is 10.0 Å². The average molecular weight is 452 g/mol. The first-order chi connectivity index (χ1) is 9.56. The van der Waals surface area contributed by atoms with E-state index >= 15 is 0 Å². The van der Waals surface area contributed by atoms with Crippen molar-refractivity contribution in [2.75, 3.05) is 6.54 Å². The van der Waals surface area contributed by atoms with Gasteiger partial charge in [-0.2, -0.15) is 0 Å². The standard InChI is InChI=1S/C15H13BrF2IN/c1-2-20-15(9-5-3-4-6-12(9)19)13-11(17)8-7-10(16)14(13)18/h3-8,15,20H,2H2,1H3. The van der Waals surface area contributed by atoms with Gasteiger partial charge >= 0.3 is 0 Å². The van der Waals surface area contributed by atoms with Crippen LogP contribution >= 0.6 is 38.5 Å². The van der Waals surface area contributed by atoms with E-state index in [0.29, 0.717) is 6.54 Å². The van der Waals surface area contributed by atoms with Gasteiger partial charge in [-0.3, -0.25) is 0 Å². The van der Waals surface area contributed by atoms with Gasteiger partial charge in [0, 0.05) is 9.13 Å². The Balaban J connectivity index is 2.61. The minimum absolute atomic E-state index is 0.0466. The molecule has 0 saturated carbocycles. The van der Waals surface area contributed by atoms with Crippen LogP contribution in [0.25, 0.3) is 0 Å². The van der Waals surface area contributed by atoms with Crippen LogP contribution in [0.5, 0.6) is 0 Å². The quantitative estimate of drug-likeness (QED) is 0.507. The average Bonchev–Trinajstić information content (AvgIpc) is 2.43. The van der Waals surface area contributed by atoms with Crippen molar-refractivity contribution < 1.29 is 8.78 Å². The molecule has 2 aromatic rings. The molecule has 2 aromatic carbocycles. The van der Waals surface area contributed by atoms with E-state index in [1.165, 1.54) is 12.1 Å². The van der Waals surface area contributed by atoms with Gasteiger partial charge < -0.3 is 5.32 Å². The van der Waals surface area contributed by atoms with Crippen molar-refractivity contribution in [3.05, 3.63) is 67.2 Å². The lowest BCUT2D eigenvalue weighted by Crippen LogP contribution is -2.25. The first kappa shape index (κ1) is 15.9. The van der Waals surface area contributed by atoms with Crippen LogP contribution < -0.4 is 5.32 Å². The zero-order chi connectivity index (χ0) is 14.7. The lowest BCUT2D eigenvalue weighted by atomic mass is 9.97. The van der Waals surface area contributed by atoms with E-state index in [9.17, 15) is 8.78 Å². The normalized spacial score (nSPS) is 12.4. The summed E-state index contributed by atoms with van der Waals surface area (Å²) in [6.45, 7) is 2.53. The van der Waals surface area contributed by atoms with Crippen molar-refractivity contribution in [3.63, 3.8) is 0 Å². The summed E-state index contributed by atoms with van der Waals surface area (Å²) in [7, 11) is 0. The Labute approximate surface area is 139 Å². The molecule has 0 bridgehead atoms. The smallest absolute Gasteiger partial charge is 0.145 e. The Bertz CT molecular complexity index is 619. The molecule has 2 rings (SSSR count). The van der Waals surface area contributed by atoms with Crippen LogP contribution in [0.2, 0.25) is 0 Å². The van der Waals surface area contributed by atoms with E-state index in [2.05, 4.69) is 43.8 Å². The second-order valence-electron chi connectivity index (χ2n) is 4.27. The van der Waals surface area contributed by atoms with Crippen molar-refractivity contribution in [2.45, 2.75) is 13.0 Å². The van der Waals surface area contributed by atoms with Crippen LogP contribution in [-0.4, -0.2) is 6.54 Å². The number of benzene rings is 2. The number of hydrogen-bond acceptors (Lipinski definition) is 1. The number of halogens is 4. The second-order valence-corrected chi connectivity index (χ2v) is 6.29. The zero-order valence-corrected chi connectivity index (χ0v) is 14.5. The minimum Gasteiger partial charge on any atom is -0.306 e. The van der Waals surface area contributed by atoms with E-state index in [0.717, 1.165) is 9.13 Å². The summed E-state index contributed by atoms with van der Waals surface area (Å²) in [5.41, 5.74) is 0.913. The molecule has 0 radical (unpaired) electrons. The fourth-order valence-corrected chi connectivity index (χ4v) is 3.13. The highest BCUT2D eigenvalue weighted by molar-refractivity contribution is 14.1. The van der Waals surface area contributed by atoms with Gasteiger partial charge in [-0.25, -0.2) is 8.78 Å². The van der Waals surface area contributed by atoms with E-state index in [1.807, 2.05) is 31.2 Å². The fraction of sp³-hybridized carbons (Fsp3) is 0.200. The largest absolute Gasteiger partial charge is 0.306 e. The Hall–Kier alpha value is -0.530. The van der Waals surface area contributed by atoms with Gasteiger partial charge in [0.15, 0.2) is 0 Å². The molecule has 1 nitrogen and oxygen atoms in total. The van der Waals surface area contributed by atoms with Crippen LogP contribution in [-0.2, 0) is 0 Å².